The Balaban J connectivity index is 1.76. The second kappa shape index (κ2) is 7.35. The summed E-state index contributed by atoms with van der Waals surface area (Å²) in [6, 6.07) is 3.68. The van der Waals surface area contributed by atoms with Gasteiger partial charge in [0.2, 0.25) is 5.91 Å². The second-order valence-electron chi connectivity index (χ2n) is 6.38. The van der Waals surface area contributed by atoms with Gasteiger partial charge in [0.15, 0.2) is 0 Å². The summed E-state index contributed by atoms with van der Waals surface area (Å²) < 4.78 is 4.90. The van der Waals surface area contributed by atoms with E-state index < -0.39 is 28.8 Å². The number of hydrogen-bond acceptors (Lipinski definition) is 7. The lowest BCUT2D eigenvalue weighted by molar-refractivity contribution is -0.158. The van der Waals surface area contributed by atoms with E-state index in [2.05, 4.69) is 5.32 Å². The maximum atomic E-state index is 12.7. The Bertz CT molecular complexity index is 834. The summed E-state index contributed by atoms with van der Waals surface area (Å²) in [4.78, 5) is 49.8. The van der Waals surface area contributed by atoms with Crippen LogP contribution >= 0.6 is 23.1 Å². The summed E-state index contributed by atoms with van der Waals surface area (Å²) >= 11 is 2.79. The molecular formula is C17H18N2O6S2. The van der Waals surface area contributed by atoms with Crippen LogP contribution in [0.15, 0.2) is 28.8 Å². The van der Waals surface area contributed by atoms with Crippen molar-refractivity contribution in [2.45, 2.75) is 31.2 Å². The van der Waals surface area contributed by atoms with Gasteiger partial charge in [-0.3, -0.25) is 19.3 Å². The largest absolute Gasteiger partial charge is 0.477 e. The predicted octanol–water partition coefficient (Wildman–Crippen LogP) is 0.982. The van der Waals surface area contributed by atoms with Crippen molar-refractivity contribution in [2.24, 2.45) is 0 Å². The molecule has 2 aliphatic rings. The highest BCUT2D eigenvalue weighted by Crippen LogP contribution is 2.46. The fourth-order valence-electron chi connectivity index (χ4n) is 3.11. The quantitative estimate of drug-likeness (QED) is 0.531. The zero-order valence-electron chi connectivity index (χ0n) is 14.7. The number of amides is 2. The average Bonchev–Trinajstić information content (AvgIpc) is 3.11. The maximum Gasteiger partial charge on any atom is 0.352 e. The lowest BCUT2D eigenvalue weighted by Crippen LogP contribution is -2.78. The molecule has 2 atom stereocenters. The number of ether oxygens (including phenoxy) is 1. The molecule has 0 aromatic carbocycles. The lowest BCUT2D eigenvalue weighted by Gasteiger charge is -2.55. The summed E-state index contributed by atoms with van der Waals surface area (Å²) in [7, 11) is 0. The van der Waals surface area contributed by atoms with Gasteiger partial charge in [-0.15, -0.1) is 23.1 Å². The Morgan fingerprint density at radius 1 is 1.44 bits per heavy atom. The van der Waals surface area contributed by atoms with E-state index in [-0.39, 0.29) is 24.6 Å². The molecule has 1 saturated heterocycles. The van der Waals surface area contributed by atoms with Gasteiger partial charge < -0.3 is 15.2 Å². The summed E-state index contributed by atoms with van der Waals surface area (Å²) in [5, 5.41) is 13.7. The van der Waals surface area contributed by atoms with Crippen molar-refractivity contribution in [2.75, 3.05) is 12.4 Å². The topological polar surface area (TPSA) is 113 Å². The van der Waals surface area contributed by atoms with Crippen LogP contribution in [0.3, 0.4) is 0 Å². The van der Waals surface area contributed by atoms with Gasteiger partial charge in [-0.05, 0) is 18.4 Å². The van der Waals surface area contributed by atoms with E-state index in [0.717, 1.165) is 4.88 Å². The highest BCUT2D eigenvalue weighted by atomic mass is 32.2. The van der Waals surface area contributed by atoms with E-state index >= 15 is 0 Å². The minimum atomic E-state index is -1.26. The molecule has 3 heterocycles. The number of carbonyl (C=O) groups excluding carboxylic acids is 3. The number of thioether (sulfide) groups is 1. The summed E-state index contributed by atoms with van der Waals surface area (Å²) in [6.07, 6.45) is 0.164. The molecule has 0 radical (unpaired) electrons. The van der Waals surface area contributed by atoms with E-state index in [0.29, 0.717) is 11.3 Å². The molecule has 1 aromatic heterocycles. The van der Waals surface area contributed by atoms with Crippen LogP contribution in [0.5, 0.6) is 0 Å². The molecule has 2 aliphatic heterocycles. The van der Waals surface area contributed by atoms with Crippen molar-refractivity contribution in [3.63, 3.8) is 0 Å². The van der Waals surface area contributed by atoms with Gasteiger partial charge in [0.05, 0.1) is 6.42 Å². The number of carbonyl (C=O) groups is 4. The molecule has 144 valence electrons. The molecule has 0 bridgehead atoms. The third kappa shape index (κ3) is 3.59. The zero-order chi connectivity index (χ0) is 19.8. The van der Waals surface area contributed by atoms with Crippen LogP contribution in [0.2, 0.25) is 0 Å². The Morgan fingerprint density at radius 3 is 2.78 bits per heavy atom. The molecule has 8 nitrogen and oxygen atoms in total. The predicted molar refractivity (Wildman–Crippen MR) is 99.0 cm³/mol. The van der Waals surface area contributed by atoms with Crippen molar-refractivity contribution in [1.82, 2.24) is 10.2 Å². The number of carboxylic acid groups (broad SMARTS) is 1. The first-order valence-electron chi connectivity index (χ1n) is 8.11. The molecule has 0 aliphatic carbocycles. The number of rotatable bonds is 6. The smallest absolute Gasteiger partial charge is 0.352 e. The molecule has 27 heavy (non-hydrogen) atoms. The normalized spacial score (nSPS) is 24.1. The van der Waals surface area contributed by atoms with Gasteiger partial charge in [0.1, 0.15) is 23.2 Å². The average molecular weight is 410 g/mol. The number of aliphatic carboxylic acids is 1. The second-order valence-corrected chi connectivity index (χ2v) is 8.48. The number of nitrogens with zero attached hydrogens (tertiary/aromatic N) is 1. The van der Waals surface area contributed by atoms with Gasteiger partial charge in [0, 0.05) is 23.1 Å². The van der Waals surface area contributed by atoms with E-state index in [1.165, 1.54) is 34.9 Å². The minimum absolute atomic E-state index is 0.164. The van der Waals surface area contributed by atoms with Gasteiger partial charge in [0.25, 0.3) is 5.91 Å². The summed E-state index contributed by atoms with van der Waals surface area (Å²) in [5.41, 5.74) is -0.985. The standard InChI is InChI=1S/C17H18N2O6S2/c1-9(20)25-7-10-8-27-16-17(2,15(24)19(16)13(10)14(22)23)18-12(21)6-11-4-3-5-26-11/h3-5,16H,6-8H2,1-2H3,(H,18,21)(H,22,23)/t16-,17?/m1/s1. The maximum absolute atomic E-state index is 12.7. The van der Waals surface area contributed by atoms with Crippen LogP contribution in [-0.4, -0.2) is 57.0 Å². The number of β-lactam (4-membered cyclic amide) rings is 1. The van der Waals surface area contributed by atoms with Crippen molar-refractivity contribution in [3.8, 4) is 0 Å². The van der Waals surface area contributed by atoms with Crippen LogP contribution < -0.4 is 5.32 Å². The SMILES string of the molecule is CC(=O)OCC1=C(C(=O)O)N2C(=O)C(C)(NC(=O)Cc3cccs3)[C@H]2SC1. The molecule has 2 N–H and O–H groups in total. The highest BCUT2D eigenvalue weighted by Gasteiger charge is 2.62. The molecule has 3 rings (SSSR count). The van der Waals surface area contributed by atoms with Crippen molar-refractivity contribution in [3.05, 3.63) is 33.7 Å². The minimum Gasteiger partial charge on any atom is -0.477 e. The van der Waals surface area contributed by atoms with E-state index in [1.54, 1.807) is 6.92 Å². The fourth-order valence-corrected chi connectivity index (χ4v) is 5.23. The van der Waals surface area contributed by atoms with Gasteiger partial charge in [-0.1, -0.05) is 6.07 Å². The molecule has 1 fully saturated rings. The van der Waals surface area contributed by atoms with Crippen molar-refractivity contribution < 1.29 is 29.0 Å². The Morgan fingerprint density at radius 2 is 2.19 bits per heavy atom. The summed E-state index contributed by atoms with van der Waals surface area (Å²) in [6.45, 7) is 2.66. The molecule has 0 spiro atoms. The van der Waals surface area contributed by atoms with Crippen LogP contribution in [0.4, 0.5) is 0 Å². The molecule has 10 heteroatoms. The van der Waals surface area contributed by atoms with Crippen molar-refractivity contribution in [1.29, 1.82) is 0 Å². The lowest BCUT2D eigenvalue weighted by atomic mass is 9.88. The number of hydrogen-bond donors (Lipinski definition) is 2. The van der Waals surface area contributed by atoms with Crippen LogP contribution in [-0.2, 0) is 30.3 Å². The molecule has 2 amide bonds. The molecular weight excluding hydrogens is 392 g/mol. The monoisotopic (exact) mass is 410 g/mol. The van der Waals surface area contributed by atoms with Gasteiger partial charge in [-0.25, -0.2) is 4.79 Å². The number of esters is 1. The number of carboxylic acids is 1. The Hall–Kier alpha value is -2.33. The number of nitrogens with one attached hydrogen (secondary N) is 1. The van der Waals surface area contributed by atoms with E-state index in [1.807, 2.05) is 17.5 Å². The van der Waals surface area contributed by atoms with Gasteiger partial charge in [-0.2, -0.15) is 0 Å². The van der Waals surface area contributed by atoms with Crippen LogP contribution in [0.1, 0.15) is 18.7 Å². The Kier molecular flexibility index (Phi) is 5.29. The third-order valence-electron chi connectivity index (χ3n) is 4.35. The molecule has 0 saturated carbocycles. The van der Waals surface area contributed by atoms with Crippen molar-refractivity contribution >= 4 is 46.9 Å². The first kappa shape index (κ1) is 19.4. The Labute approximate surface area is 163 Å². The first-order chi connectivity index (χ1) is 12.7. The highest BCUT2D eigenvalue weighted by molar-refractivity contribution is 8.00. The van der Waals surface area contributed by atoms with E-state index in [9.17, 15) is 24.3 Å². The zero-order valence-corrected chi connectivity index (χ0v) is 16.3. The van der Waals surface area contributed by atoms with Crippen LogP contribution in [0, 0.1) is 0 Å². The van der Waals surface area contributed by atoms with E-state index in [4.69, 9.17) is 4.74 Å². The summed E-state index contributed by atoms with van der Waals surface area (Å²) in [5.74, 6) is -2.28. The fraction of sp³-hybridized carbons (Fsp3) is 0.412. The third-order valence-corrected chi connectivity index (χ3v) is 6.74. The molecule has 1 unspecified atom stereocenters. The number of fused-ring (bicyclic) bond motifs is 1. The first-order valence-corrected chi connectivity index (χ1v) is 10.0. The molecule has 1 aromatic rings. The number of thiophene rings is 1. The van der Waals surface area contributed by atoms with Gasteiger partial charge >= 0.3 is 11.9 Å². The van der Waals surface area contributed by atoms with Crippen LogP contribution in [0.25, 0.3) is 0 Å².